The average Bonchev–Trinajstić information content (AvgIpc) is 2.62. The van der Waals surface area contributed by atoms with E-state index in [4.69, 9.17) is 39.5 Å². The van der Waals surface area contributed by atoms with Crippen molar-refractivity contribution in [3.8, 4) is 5.75 Å². The quantitative estimate of drug-likeness (QED) is 0.505. The summed E-state index contributed by atoms with van der Waals surface area (Å²) in [4.78, 5) is 12.3. The number of benzene rings is 2. The van der Waals surface area contributed by atoms with Gasteiger partial charge in [-0.2, -0.15) is 11.8 Å². The van der Waals surface area contributed by atoms with Crippen molar-refractivity contribution in [1.29, 1.82) is 0 Å². The van der Waals surface area contributed by atoms with Crippen LogP contribution in [0.25, 0.3) is 0 Å². The van der Waals surface area contributed by atoms with Crippen molar-refractivity contribution >= 4 is 52.5 Å². The molecular weight excluding hydrogens is 413 g/mol. The summed E-state index contributed by atoms with van der Waals surface area (Å²) < 4.78 is 5.73. The molecule has 0 aliphatic carbocycles. The number of hydrogen-bond donors (Lipinski definition) is 1. The molecule has 0 heterocycles. The van der Waals surface area contributed by atoms with Crippen LogP contribution in [-0.4, -0.2) is 24.3 Å². The van der Waals surface area contributed by atoms with Crippen molar-refractivity contribution < 1.29 is 9.53 Å². The Morgan fingerprint density at radius 3 is 2.65 bits per heavy atom. The molecule has 3 nitrogen and oxygen atoms in total. The van der Waals surface area contributed by atoms with E-state index in [1.54, 1.807) is 42.1 Å². The van der Waals surface area contributed by atoms with E-state index in [0.717, 1.165) is 17.1 Å². The highest BCUT2D eigenvalue weighted by Gasteiger charge is 2.17. The molecular formula is C19H20Cl3NO2S. The molecule has 2 aromatic carbocycles. The highest BCUT2D eigenvalue weighted by Crippen LogP contribution is 2.24. The highest BCUT2D eigenvalue weighted by atomic mass is 35.5. The molecule has 7 heteroatoms. The van der Waals surface area contributed by atoms with Gasteiger partial charge in [0.1, 0.15) is 5.75 Å². The molecule has 0 fully saturated rings. The Kier molecular flexibility index (Phi) is 8.93. The third kappa shape index (κ3) is 6.92. The standard InChI is InChI=1S/C19H20Cl3NO2S/c1-2-18(25-15-5-3-4-14(20)11-15)19(24)23-8-9-26-12-13-6-7-16(21)17(22)10-13/h3-7,10-11,18H,2,8-9,12H2,1H3,(H,23,24). The SMILES string of the molecule is CCC(Oc1cccc(Cl)c1)C(=O)NCCSCc1ccc(Cl)c(Cl)c1. The molecule has 1 atom stereocenters. The van der Waals surface area contributed by atoms with Gasteiger partial charge in [-0.1, -0.05) is 53.9 Å². The third-order valence-corrected chi connectivity index (χ3v) is 5.54. The predicted octanol–water partition coefficient (Wildman–Crippen LogP) is 5.85. The lowest BCUT2D eigenvalue weighted by molar-refractivity contribution is -0.127. The number of thioether (sulfide) groups is 1. The fraction of sp³-hybridized carbons (Fsp3) is 0.316. The molecule has 2 rings (SSSR count). The second-order valence-corrected chi connectivity index (χ2v) is 7.92. The lowest BCUT2D eigenvalue weighted by Gasteiger charge is -2.17. The summed E-state index contributed by atoms with van der Waals surface area (Å²) in [5, 5.41) is 4.60. The van der Waals surface area contributed by atoms with Gasteiger partial charge in [-0.3, -0.25) is 4.79 Å². The summed E-state index contributed by atoms with van der Waals surface area (Å²) in [6.07, 6.45) is 0.0444. The number of halogens is 3. The predicted molar refractivity (Wildman–Crippen MR) is 112 cm³/mol. The second kappa shape index (κ2) is 10.9. The number of ether oxygens (including phenoxy) is 1. The van der Waals surface area contributed by atoms with Crippen LogP contribution in [0.1, 0.15) is 18.9 Å². The minimum atomic E-state index is -0.534. The third-order valence-electron chi connectivity index (χ3n) is 3.54. The van der Waals surface area contributed by atoms with Crippen LogP contribution in [0.2, 0.25) is 15.1 Å². The van der Waals surface area contributed by atoms with Crippen LogP contribution in [0, 0.1) is 0 Å². The molecule has 1 unspecified atom stereocenters. The Balaban J connectivity index is 1.71. The molecule has 0 aliphatic rings. The van der Waals surface area contributed by atoms with Gasteiger partial charge in [0, 0.05) is 23.1 Å². The molecule has 0 aliphatic heterocycles. The molecule has 0 bridgehead atoms. The van der Waals surface area contributed by atoms with Crippen molar-refractivity contribution in [2.45, 2.75) is 25.2 Å². The maximum absolute atomic E-state index is 12.3. The van der Waals surface area contributed by atoms with Crippen molar-refractivity contribution in [3.63, 3.8) is 0 Å². The van der Waals surface area contributed by atoms with Crippen LogP contribution in [0.4, 0.5) is 0 Å². The number of amides is 1. The Bertz CT molecular complexity index is 742. The monoisotopic (exact) mass is 431 g/mol. The number of carbonyl (C=O) groups is 1. The zero-order chi connectivity index (χ0) is 18.9. The van der Waals surface area contributed by atoms with Crippen LogP contribution >= 0.6 is 46.6 Å². The van der Waals surface area contributed by atoms with Crippen molar-refractivity contribution in [2.24, 2.45) is 0 Å². The lowest BCUT2D eigenvalue weighted by Crippen LogP contribution is -2.39. The van der Waals surface area contributed by atoms with Gasteiger partial charge in [0.05, 0.1) is 10.0 Å². The van der Waals surface area contributed by atoms with Gasteiger partial charge in [-0.15, -0.1) is 0 Å². The van der Waals surface area contributed by atoms with Gasteiger partial charge in [0.2, 0.25) is 0 Å². The van der Waals surface area contributed by atoms with E-state index in [1.807, 2.05) is 19.1 Å². The summed E-state index contributed by atoms with van der Waals surface area (Å²) in [5.41, 5.74) is 1.10. The van der Waals surface area contributed by atoms with Gasteiger partial charge >= 0.3 is 0 Å². The zero-order valence-corrected chi connectivity index (χ0v) is 17.4. The van der Waals surface area contributed by atoms with Crippen LogP contribution in [0.3, 0.4) is 0 Å². The number of rotatable bonds is 9. The molecule has 0 spiro atoms. The fourth-order valence-corrected chi connectivity index (χ4v) is 3.51. The van der Waals surface area contributed by atoms with Crippen LogP contribution in [-0.2, 0) is 10.5 Å². The lowest BCUT2D eigenvalue weighted by atomic mass is 10.2. The van der Waals surface area contributed by atoms with Crippen molar-refractivity contribution in [1.82, 2.24) is 5.32 Å². The molecule has 0 radical (unpaired) electrons. The second-order valence-electron chi connectivity index (χ2n) is 5.56. The Labute approximate surface area is 173 Å². The van der Waals surface area contributed by atoms with Crippen molar-refractivity contribution in [2.75, 3.05) is 12.3 Å². The zero-order valence-electron chi connectivity index (χ0n) is 14.3. The molecule has 2 aromatic rings. The maximum atomic E-state index is 12.3. The minimum absolute atomic E-state index is 0.123. The van der Waals surface area contributed by atoms with Crippen LogP contribution in [0.5, 0.6) is 5.75 Å². The Hall–Kier alpha value is -1.07. The number of carbonyl (C=O) groups excluding carboxylic acids is 1. The first-order valence-corrected chi connectivity index (χ1v) is 10.5. The molecule has 140 valence electrons. The van der Waals surface area contributed by atoms with E-state index in [2.05, 4.69) is 5.32 Å². The summed E-state index contributed by atoms with van der Waals surface area (Å²) >= 11 is 19.6. The normalized spacial score (nSPS) is 11.8. The minimum Gasteiger partial charge on any atom is -0.481 e. The smallest absolute Gasteiger partial charge is 0.261 e. The van der Waals surface area contributed by atoms with Gasteiger partial charge in [0.25, 0.3) is 5.91 Å². The molecule has 26 heavy (non-hydrogen) atoms. The summed E-state index contributed by atoms with van der Waals surface area (Å²) in [6, 6.07) is 12.6. The van der Waals surface area contributed by atoms with Crippen molar-refractivity contribution in [3.05, 3.63) is 63.1 Å². The maximum Gasteiger partial charge on any atom is 0.261 e. The van der Waals surface area contributed by atoms with E-state index >= 15 is 0 Å². The first-order chi connectivity index (χ1) is 12.5. The van der Waals surface area contributed by atoms with Crippen LogP contribution in [0.15, 0.2) is 42.5 Å². The molecule has 0 saturated carbocycles. The average molecular weight is 433 g/mol. The Morgan fingerprint density at radius 2 is 1.96 bits per heavy atom. The molecule has 0 saturated heterocycles. The highest BCUT2D eigenvalue weighted by molar-refractivity contribution is 7.98. The first-order valence-electron chi connectivity index (χ1n) is 8.21. The molecule has 1 amide bonds. The summed E-state index contributed by atoms with van der Waals surface area (Å²) in [5.74, 6) is 2.07. The summed E-state index contributed by atoms with van der Waals surface area (Å²) in [6.45, 7) is 2.48. The van der Waals surface area contributed by atoms with Crippen LogP contribution < -0.4 is 10.1 Å². The Morgan fingerprint density at radius 1 is 1.15 bits per heavy atom. The van der Waals surface area contributed by atoms with E-state index < -0.39 is 6.10 Å². The van der Waals surface area contributed by atoms with E-state index in [-0.39, 0.29) is 5.91 Å². The first kappa shape index (κ1) is 21.2. The van der Waals surface area contributed by atoms with Gasteiger partial charge in [-0.05, 0) is 42.3 Å². The molecule has 1 N–H and O–H groups in total. The molecule has 0 aromatic heterocycles. The largest absolute Gasteiger partial charge is 0.481 e. The topological polar surface area (TPSA) is 38.3 Å². The summed E-state index contributed by atoms with van der Waals surface area (Å²) in [7, 11) is 0. The fourth-order valence-electron chi connectivity index (χ4n) is 2.21. The van der Waals surface area contributed by atoms with E-state index in [9.17, 15) is 4.79 Å². The van der Waals surface area contributed by atoms with E-state index in [0.29, 0.717) is 33.8 Å². The number of hydrogen-bond acceptors (Lipinski definition) is 3. The van der Waals surface area contributed by atoms with Gasteiger partial charge in [-0.25, -0.2) is 0 Å². The van der Waals surface area contributed by atoms with Gasteiger partial charge < -0.3 is 10.1 Å². The van der Waals surface area contributed by atoms with E-state index in [1.165, 1.54) is 0 Å². The van der Waals surface area contributed by atoms with Gasteiger partial charge in [0.15, 0.2) is 6.10 Å². The number of nitrogens with one attached hydrogen (secondary N) is 1.